The van der Waals surface area contributed by atoms with Crippen LogP contribution in [0.2, 0.25) is 0 Å². The highest BCUT2D eigenvalue weighted by Gasteiger charge is 2.29. The SMILES string of the molecule is Cc1ccc(C(=O)NC2=CCc3ccn(C(C)(C)C)c3N2Cc2ccncc2)cc1. The summed E-state index contributed by atoms with van der Waals surface area (Å²) < 4.78 is 2.29. The molecule has 0 unspecified atom stereocenters. The minimum absolute atomic E-state index is 0.0759. The highest BCUT2D eigenvalue weighted by atomic mass is 16.1. The van der Waals surface area contributed by atoms with Crippen LogP contribution in [0.5, 0.6) is 0 Å². The Kier molecular flexibility index (Phi) is 5.20. The summed E-state index contributed by atoms with van der Waals surface area (Å²) >= 11 is 0. The van der Waals surface area contributed by atoms with Gasteiger partial charge in [0.15, 0.2) is 0 Å². The van der Waals surface area contributed by atoms with Gasteiger partial charge in [-0.05, 0) is 81.7 Å². The molecule has 5 nitrogen and oxygen atoms in total. The number of amides is 1. The van der Waals surface area contributed by atoms with Crippen molar-refractivity contribution in [1.82, 2.24) is 14.9 Å². The lowest BCUT2D eigenvalue weighted by molar-refractivity contribution is 0.0964. The molecule has 0 radical (unpaired) electrons. The summed E-state index contributed by atoms with van der Waals surface area (Å²) in [6.45, 7) is 9.25. The van der Waals surface area contributed by atoms with E-state index in [9.17, 15) is 4.79 Å². The number of nitrogens with one attached hydrogen (secondary N) is 1. The Bertz CT molecular complexity index is 1070. The smallest absolute Gasteiger partial charge is 0.256 e. The summed E-state index contributed by atoms with van der Waals surface area (Å²) in [5.74, 6) is 1.84. The number of carbonyl (C=O) groups is 1. The fourth-order valence-corrected chi connectivity index (χ4v) is 3.74. The zero-order chi connectivity index (χ0) is 21.3. The number of allylic oxidation sites excluding steroid dienone is 1. The van der Waals surface area contributed by atoms with E-state index in [1.165, 1.54) is 5.56 Å². The van der Waals surface area contributed by atoms with E-state index in [2.05, 4.69) is 58.9 Å². The lowest BCUT2D eigenvalue weighted by atomic mass is 10.1. The third-order valence-electron chi connectivity index (χ3n) is 5.37. The van der Waals surface area contributed by atoms with E-state index < -0.39 is 0 Å². The van der Waals surface area contributed by atoms with Crippen LogP contribution in [0, 0.1) is 6.92 Å². The van der Waals surface area contributed by atoms with Gasteiger partial charge in [-0.3, -0.25) is 9.78 Å². The molecule has 30 heavy (non-hydrogen) atoms. The van der Waals surface area contributed by atoms with Crippen LogP contribution in [-0.2, 0) is 18.5 Å². The largest absolute Gasteiger partial charge is 0.329 e. The standard InChI is InChI=1S/C25H28N4O/c1-18-5-7-20(8-6-18)23(30)27-22-10-9-21-13-16-29(25(2,3)4)24(21)28(22)17-19-11-14-26-15-12-19/h5-8,10-16H,9,17H2,1-4H3,(H,27,30). The van der Waals surface area contributed by atoms with E-state index in [-0.39, 0.29) is 11.4 Å². The number of carbonyl (C=O) groups excluding carboxylic acids is 1. The number of fused-ring (bicyclic) bond motifs is 1. The maximum atomic E-state index is 13.0. The van der Waals surface area contributed by atoms with Gasteiger partial charge in [0.2, 0.25) is 0 Å². The minimum Gasteiger partial charge on any atom is -0.329 e. The molecule has 3 aromatic rings. The van der Waals surface area contributed by atoms with E-state index >= 15 is 0 Å². The summed E-state index contributed by atoms with van der Waals surface area (Å²) in [6.07, 6.45) is 8.63. The fourth-order valence-electron chi connectivity index (χ4n) is 3.74. The first-order valence-electron chi connectivity index (χ1n) is 10.3. The number of aryl methyl sites for hydroxylation is 1. The van der Waals surface area contributed by atoms with E-state index in [0.717, 1.165) is 29.2 Å². The third kappa shape index (κ3) is 4.01. The normalized spacial score (nSPS) is 13.6. The number of anilines is 1. The quantitative estimate of drug-likeness (QED) is 0.686. The zero-order valence-corrected chi connectivity index (χ0v) is 18.0. The van der Waals surface area contributed by atoms with Gasteiger partial charge in [0.25, 0.3) is 5.91 Å². The van der Waals surface area contributed by atoms with Crippen molar-refractivity contribution in [3.05, 3.63) is 95.2 Å². The monoisotopic (exact) mass is 400 g/mol. The van der Waals surface area contributed by atoms with Gasteiger partial charge in [-0.15, -0.1) is 0 Å². The van der Waals surface area contributed by atoms with E-state index in [4.69, 9.17) is 0 Å². The summed E-state index contributed by atoms with van der Waals surface area (Å²) in [5.41, 5.74) is 4.10. The molecule has 154 valence electrons. The maximum Gasteiger partial charge on any atom is 0.256 e. The molecule has 0 bridgehead atoms. The van der Waals surface area contributed by atoms with Crippen molar-refractivity contribution in [2.24, 2.45) is 0 Å². The van der Waals surface area contributed by atoms with Crippen molar-refractivity contribution in [3.63, 3.8) is 0 Å². The van der Waals surface area contributed by atoms with Gasteiger partial charge in [-0.1, -0.05) is 17.7 Å². The second-order valence-electron chi connectivity index (χ2n) is 8.76. The van der Waals surface area contributed by atoms with Gasteiger partial charge in [0.1, 0.15) is 11.6 Å². The molecule has 2 aromatic heterocycles. The van der Waals surface area contributed by atoms with E-state index in [1.807, 2.05) is 43.3 Å². The van der Waals surface area contributed by atoms with Crippen LogP contribution in [0.15, 0.2) is 73.0 Å². The van der Waals surface area contributed by atoms with Crippen molar-refractivity contribution >= 4 is 11.7 Å². The minimum atomic E-state index is -0.0988. The predicted octanol–water partition coefficient (Wildman–Crippen LogP) is 4.78. The van der Waals surface area contributed by atoms with Crippen LogP contribution in [0.25, 0.3) is 0 Å². The molecule has 0 saturated heterocycles. The summed E-state index contributed by atoms with van der Waals surface area (Å²) in [4.78, 5) is 19.3. The summed E-state index contributed by atoms with van der Waals surface area (Å²) in [6, 6.07) is 13.9. The molecular weight excluding hydrogens is 372 g/mol. The lowest BCUT2D eigenvalue weighted by Crippen LogP contribution is -2.39. The molecule has 1 N–H and O–H groups in total. The molecule has 0 atom stereocenters. The molecule has 1 aliphatic rings. The van der Waals surface area contributed by atoms with E-state index in [0.29, 0.717) is 12.1 Å². The van der Waals surface area contributed by atoms with Crippen LogP contribution >= 0.6 is 0 Å². The number of nitrogens with zero attached hydrogens (tertiary/aromatic N) is 3. The van der Waals surface area contributed by atoms with Crippen molar-refractivity contribution in [1.29, 1.82) is 0 Å². The Labute approximate surface area is 178 Å². The van der Waals surface area contributed by atoms with Gasteiger partial charge in [-0.25, -0.2) is 0 Å². The molecule has 1 aromatic carbocycles. The molecule has 0 saturated carbocycles. The average Bonchev–Trinajstić information content (AvgIpc) is 3.16. The Hall–Kier alpha value is -3.34. The average molecular weight is 401 g/mol. The van der Waals surface area contributed by atoms with Gasteiger partial charge < -0.3 is 14.8 Å². The molecule has 4 rings (SSSR count). The molecule has 1 amide bonds. The zero-order valence-electron chi connectivity index (χ0n) is 18.0. The second-order valence-corrected chi connectivity index (χ2v) is 8.76. The summed E-state index contributed by atoms with van der Waals surface area (Å²) in [5, 5.41) is 3.15. The number of rotatable bonds is 4. The highest BCUT2D eigenvalue weighted by molar-refractivity contribution is 5.95. The number of hydrogen-bond acceptors (Lipinski definition) is 3. The number of aromatic nitrogens is 2. The van der Waals surface area contributed by atoms with Crippen LogP contribution in [0.3, 0.4) is 0 Å². The first kappa shape index (κ1) is 20.0. The molecular formula is C25H28N4O. The number of hydrogen-bond donors (Lipinski definition) is 1. The van der Waals surface area contributed by atoms with Crippen LogP contribution in [-0.4, -0.2) is 15.5 Å². The summed E-state index contributed by atoms with van der Waals surface area (Å²) in [7, 11) is 0. The van der Waals surface area contributed by atoms with Crippen molar-refractivity contribution < 1.29 is 4.79 Å². The third-order valence-corrected chi connectivity index (χ3v) is 5.37. The number of pyridine rings is 1. The Morgan fingerprint density at radius 3 is 2.43 bits per heavy atom. The van der Waals surface area contributed by atoms with Crippen LogP contribution in [0.4, 0.5) is 5.82 Å². The molecule has 0 fully saturated rings. The molecule has 3 heterocycles. The first-order chi connectivity index (χ1) is 14.3. The highest BCUT2D eigenvalue weighted by Crippen LogP contribution is 2.35. The molecule has 5 heteroatoms. The lowest BCUT2D eigenvalue weighted by Gasteiger charge is -2.36. The molecule has 1 aliphatic heterocycles. The molecule has 0 spiro atoms. The van der Waals surface area contributed by atoms with Gasteiger partial charge >= 0.3 is 0 Å². The van der Waals surface area contributed by atoms with Gasteiger partial charge in [0.05, 0.1) is 6.54 Å². The Morgan fingerprint density at radius 1 is 1.07 bits per heavy atom. The van der Waals surface area contributed by atoms with Gasteiger partial charge in [0, 0.05) is 29.7 Å². The first-order valence-corrected chi connectivity index (χ1v) is 10.3. The molecule has 0 aliphatic carbocycles. The predicted molar refractivity (Wildman–Crippen MR) is 120 cm³/mol. The maximum absolute atomic E-state index is 13.0. The second kappa shape index (κ2) is 7.82. The van der Waals surface area contributed by atoms with Crippen molar-refractivity contribution in [3.8, 4) is 0 Å². The van der Waals surface area contributed by atoms with Crippen LogP contribution < -0.4 is 10.2 Å². The van der Waals surface area contributed by atoms with Crippen LogP contribution in [0.1, 0.15) is 47.8 Å². The Morgan fingerprint density at radius 2 is 1.77 bits per heavy atom. The van der Waals surface area contributed by atoms with Crippen molar-refractivity contribution in [2.45, 2.75) is 46.2 Å². The number of benzene rings is 1. The Balaban J connectivity index is 1.70. The fraction of sp³-hybridized carbons (Fsp3) is 0.280. The van der Waals surface area contributed by atoms with Crippen molar-refractivity contribution in [2.75, 3.05) is 4.90 Å². The van der Waals surface area contributed by atoms with E-state index in [1.54, 1.807) is 12.4 Å². The van der Waals surface area contributed by atoms with Gasteiger partial charge in [-0.2, -0.15) is 0 Å². The topological polar surface area (TPSA) is 50.2 Å².